The van der Waals surface area contributed by atoms with E-state index >= 15 is 0 Å². The maximum atomic E-state index is 13.1. The minimum Gasteiger partial charge on any atom is -0.465 e. The van der Waals surface area contributed by atoms with Crippen LogP contribution in [0, 0.1) is 18.8 Å². The zero-order chi connectivity index (χ0) is 18.3. The van der Waals surface area contributed by atoms with Crippen LogP contribution in [-0.4, -0.2) is 48.4 Å². The Bertz CT molecular complexity index is 700. The molecule has 0 saturated carbocycles. The van der Waals surface area contributed by atoms with Crippen LogP contribution >= 0.6 is 0 Å². The third-order valence-electron chi connectivity index (χ3n) is 5.35. The van der Waals surface area contributed by atoms with Gasteiger partial charge in [0.25, 0.3) is 0 Å². The molecule has 2 saturated heterocycles. The van der Waals surface area contributed by atoms with Crippen LogP contribution < -0.4 is 4.90 Å². The van der Waals surface area contributed by atoms with E-state index in [1.807, 2.05) is 30.9 Å². The van der Waals surface area contributed by atoms with Gasteiger partial charge in [-0.2, -0.15) is 0 Å². The molecule has 2 amide bonds. The van der Waals surface area contributed by atoms with Gasteiger partial charge < -0.3 is 4.74 Å². The quantitative estimate of drug-likeness (QED) is 0.615. The van der Waals surface area contributed by atoms with Gasteiger partial charge in [0.05, 0.1) is 24.1 Å². The van der Waals surface area contributed by atoms with Crippen molar-refractivity contribution in [3.63, 3.8) is 0 Å². The first-order chi connectivity index (χ1) is 11.9. The SMILES string of the molecule is CCOC(=O)[C@H]1[C@H]2C(=O)N(c3ccc(C)cc3)C(=O)[C@H]2[C@H](CC)N1C. The molecule has 0 unspecified atom stereocenters. The molecule has 2 aliphatic heterocycles. The van der Waals surface area contributed by atoms with Gasteiger partial charge in [-0.3, -0.25) is 19.3 Å². The molecule has 1 aromatic carbocycles. The minimum absolute atomic E-state index is 0.147. The van der Waals surface area contributed by atoms with Crippen LogP contribution in [0.1, 0.15) is 25.8 Å². The van der Waals surface area contributed by atoms with Gasteiger partial charge in [-0.25, -0.2) is 4.90 Å². The van der Waals surface area contributed by atoms with Crippen LogP contribution in [-0.2, 0) is 19.1 Å². The number of imide groups is 1. The first kappa shape index (κ1) is 17.6. The number of hydrogen-bond donors (Lipinski definition) is 0. The summed E-state index contributed by atoms with van der Waals surface area (Å²) in [6.07, 6.45) is 0.689. The highest BCUT2D eigenvalue weighted by atomic mass is 16.5. The molecule has 2 fully saturated rings. The Labute approximate surface area is 147 Å². The van der Waals surface area contributed by atoms with Crippen LogP contribution in [0.4, 0.5) is 5.69 Å². The Morgan fingerprint density at radius 2 is 1.68 bits per heavy atom. The Kier molecular flexibility index (Phi) is 4.64. The fourth-order valence-corrected chi connectivity index (χ4v) is 4.19. The number of aryl methyl sites for hydroxylation is 1. The van der Waals surface area contributed by atoms with E-state index < -0.39 is 23.8 Å². The Morgan fingerprint density at radius 1 is 1.08 bits per heavy atom. The van der Waals surface area contributed by atoms with Crippen molar-refractivity contribution < 1.29 is 19.1 Å². The Balaban J connectivity index is 2.00. The number of likely N-dealkylation sites (tertiary alicyclic amines) is 1. The van der Waals surface area contributed by atoms with Gasteiger partial charge in [0.1, 0.15) is 6.04 Å². The zero-order valence-electron chi connectivity index (χ0n) is 15.1. The van der Waals surface area contributed by atoms with Crippen molar-refractivity contribution in [3.8, 4) is 0 Å². The van der Waals surface area contributed by atoms with Crippen molar-refractivity contribution in [3.05, 3.63) is 29.8 Å². The molecule has 0 bridgehead atoms. The number of carbonyl (C=O) groups excluding carboxylic acids is 3. The molecule has 4 atom stereocenters. The first-order valence-corrected chi connectivity index (χ1v) is 8.75. The summed E-state index contributed by atoms with van der Waals surface area (Å²) in [6, 6.07) is 6.44. The van der Waals surface area contributed by atoms with Gasteiger partial charge in [-0.15, -0.1) is 0 Å². The molecule has 0 spiro atoms. The van der Waals surface area contributed by atoms with Crippen molar-refractivity contribution in [2.75, 3.05) is 18.6 Å². The summed E-state index contributed by atoms with van der Waals surface area (Å²) >= 11 is 0. The van der Waals surface area contributed by atoms with E-state index in [1.54, 1.807) is 26.1 Å². The maximum absolute atomic E-state index is 13.1. The van der Waals surface area contributed by atoms with E-state index in [4.69, 9.17) is 4.74 Å². The normalized spacial score (nSPS) is 29.2. The Hall–Kier alpha value is -2.21. The highest BCUT2D eigenvalue weighted by molar-refractivity contribution is 6.23. The molecule has 2 aliphatic rings. The summed E-state index contributed by atoms with van der Waals surface area (Å²) in [6.45, 7) is 5.91. The number of fused-ring (bicyclic) bond motifs is 1. The molecule has 3 rings (SSSR count). The molecule has 2 heterocycles. The molecule has 6 nitrogen and oxygen atoms in total. The molecule has 0 radical (unpaired) electrons. The summed E-state index contributed by atoms with van der Waals surface area (Å²) < 4.78 is 5.17. The predicted molar refractivity (Wildman–Crippen MR) is 92.9 cm³/mol. The molecule has 134 valence electrons. The second-order valence-electron chi connectivity index (χ2n) is 6.74. The lowest BCUT2D eigenvalue weighted by Crippen LogP contribution is -2.46. The standard InChI is InChI=1S/C19H24N2O4/c1-5-13-14-15(16(20(13)4)19(24)25-6-2)18(23)21(17(14)22)12-9-7-11(3)8-10-12/h7-10,13-16H,5-6H2,1-4H3/t13-,14-,15-,16+/m0/s1. The lowest BCUT2D eigenvalue weighted by atomic mass is 9.88. The predicted octanol–water partition coefficient (Wildman–Crippen LogP) is 1.76. The van der Waals surface area contributed by atoms with Crippen molar-refractivity contribution >= 4 is 23.5 Å². The van der Waals surface area contributed by atoms with E-state index in [0.29, 0.717) is 12.1 Å². The molecule has 25 heavy (non-hydrogen) atoms. The summed E-state index contributed by atoms with van der Waals surface area (Å²) in [5.41, 5.74) is 1.62. The van der Waals surface area contributed by atoms with Gasteiger partial charge in [0.15, 0.2) is 0 Å². The number of carbonyl (C=O) groups is 3. The number of nitrogens with zero attached hydrogens (tertiary/aromatic N) is 2. The van der Waals surface area contributed by atoms with Crippen LogP contribution in [0.3, 0.4) is 0 Å². The number of benzene rings is 1. The molecule has 1 aromatic rings. The van der Waals surface area contributed by atoms with Crippen molar-refractivity contribution in [2.45, 2.75) is 39.3 Å². The van der Waals surface area contributed by atoms with Crippen molar-refractivity contribution in [2.24, 2.45) is 11.8 Å². The Morgan fingerprint density at radius 3 is 2.24 bits per heavy atom. The number of esters is 1. The molecular weight excluding hydrogens is 320 g/mol. The third-order valence-corrected chi connectivity index (χ3v) is 5.35. The highest BCUT2D eigenvalue weighted by Crippen LogP contribution is 2.44. The van der Waals surface area contributed by atoms with Crippen molar-refractivity contribution in [1.82, 2.24) is 4.90 Å². The van der Waals surface area contributed by atoms with Gasteiger partial charge in [0, 0.05) is 6.04 Å². The van der Waals surface area contributed by atoms with Gasteiger partial charge in [0.2, 0.25) is 11.8 Å². The average Bonchev–Trinajstić information content (AvgIpc) is 3.01. The smallest absolute Gasteiger partial charge is 0.324 e. The highest BCUT2D eigenvalue weighted by Gasteiger charge is 2.63. The van der Waals surface area contributed by atoms with E-state index in [9.17, 15) is 14.4 Å². The summed E-state index contributed by atoms with van der Waals surface area (Å²) in [5.74, 6) is -2.13. The van der Waals surface area contributed by atoms with Crippen LogP contribution in [0.2, 0.25) is 0 Å². The molecule has 0 aromatic heterocycles. The van der Waals surface area contributed by atoms with Crippen molar-refractivity contribution in [1.29, 1.82) is 0 Å². The van der Waals surface area contributed by atoms with E-state index in [1.165, 1.54) is 4.90 Å². The minimum atomic E-state index is -0.707. The molecule has 6 heteroatoms. The second-order valence-corrected chi connectivity index (χ2v) is 6.74. The fourth-order valence-electron chi connectivity index (χ4n) is 4.19. The van der Waals surface area contributed by atoms with Crippen LogP contribution in [0.15, 0.2) is 24.3 Å². The number of anilines is 1. The van der Waals surface area contributed by atoms with Gasteiger partial charge in [-0.05, 0) is 39.4 Å². The van der Waals surface area contributed by atoms with E-state index in [-0.39, 0.29) is 24.5 Å². The lowest BCUT2D eigenvalue weighted by molar-refractivity contribution is -0.151. The summed E-state index contributed by atoms with van der Waals surface area (Å²) in [4.78, 5) is 41.7. The number of amides is 2. The van der Waals surface area contributed by atoms with E-state index in [0.717, 1.165) is 5.56 Å². The summed E-state index contributed by atoms with van der Waals surface area (Å²) in [7, 11) is 1.80. The van der Waals surface area contributed by atoms with Gasteiger partial charge >= 0.3 is 5.97 Å². The monoisotopic (exact) mass is 344 g/mol. The third kappa shape index (κ3) is 2.65. The topological polar surface area (TPSA) is 66.9 Å². The molecular formula is C19H24N2O4. The van der Waals surface area contributed by atoms with E-state index in [2.05, 4.69) is 0 Å². The first-order valence-electron chi connectivity index (χ1n) is 8.75. The molecule has 0 N–H and O–H groups in total. The molecule has 0 aliphatic carbocycles. The maximum Gasteiger partial charge on any atom is 0.324 e. The number of likely N-dealkylation sites (N-methyl/N-ethyl adjacent to an activating group) is 1. The van der Waals surface area contributed by atoms with Crippen LogP contribution in [0.25, 0.3) is 0 Å². The zero-order valence-corrected chi connectivity index (χ0v) is 15.1. The number of ether oxygens (including phenoxy) is 1. The van der Waals surface area contributed by atoms with Crippen LogP contribution in [0.5, 0.6) is 0 Å². The second kappa shape index (κ2) is 6.59. The summed E-state index contributed by atoms with van der Waals surface area (Å²) in [5, 5.41) is 0. The lowest BCUT2D eigenvalue weighted by Gasteiger charge is -2.28. The van der Waals surface area contributed by atoms with Gasteiger partial charge in [-0.1, -0.05) is 24.6 Å². The average molecular weight is 344 g/mol. The fraction of sp³-hybridized carbons (Fsp3) is 0.526. The number of hydrogen-bond acceptors (Lipinski definition) is 5. The number of rotatable bonds is 4. The largest absolute Gasteiger partial charge is 0.465 e.